The maximum Gasteiger partial charge on any atom is 0.252 e. The second kappa shape index (κ2) is 7.61. The van der Waals surface area contributed by atoms with E-state index in [0.717, 1.165) is 16.9 Å². The molecule has 1 N–H and O–H groups in total. The van der Waals surface area contributed by atoms with Gasteiger partial charge in [-0.1, -0.05) is 84.6 Å². The van der Waals surface area contributed by atoms with Crippen LogP contribution in [-0.2, 0) is 0 Å². The highest BCUT2D eigenvalue weighted by molar-refractivity contribution is 7.99. The third kappa shape index (κ3) is 4.44. The van der Waals surface area contributed by atoms with Gasteiger partial charge in [0.2, 0.25) is 0 Å². The number of hydrogen-bond acceptors (Lipinski definition) is 3. The Kier molecular flexibility index (Phi) is 5.06. The Hall–Kier alpha value is -2.59. The van der Waals surface area contributed by atoms with Crippen molar-refractivity contribution in [2.45, 2.75) is 5.16 Å². The van der Waals surface area contributed by atoms with Gasteiger partial charge in [0.1, 0.15) is 0 Å². The van der Waals surface area contributed by atoms with E-state index in [0.29, 0.717) is 10.9 Å². The van der Waals surface area contributed by atoms with E-state index in [1.807, 2.05) is 48.5 Å². The number of thioether (sulfide) groups is 1. The largest absolute Gasteiger partial charge is 0.301 e. The molecule has 3 nitrogen and oxygen atoms in total. The van der Waals surface area contributed by atoms with Gasteiger partial charge in [-0.3, -0.25) is 4.79 Å². The maximum atomic E-state index is 11.8. The van der Waals surface area contributed by atoms with E-state index in [9.17, 15) is 4.79 Å². The van der Waals surface area contributed by atoms with E-state index in [-0.39, 0.29) is 5.56 Å². The summed E-state index contributed by atoms with van der Waals surface area (Å²) in [5.74, 6) is 0.746. The fourth-order valence-electron chi connectivity index (χ4n) is 2.14. The van der Waals surface area contributed by atoms with Gasteiger partial charge < -0.3 is 4.98 Å². The first-order chi connectivity index (χ1) is 11.3. The number of nitrogens with zero attached hydrogens (tertiary/aromatic N) is 1. The molecular formula is C19H16N2OS. The van der Waals surface area contributed by atoms with Crippen molar-refractivity contribution in [3.05, 3.63) is 88.7 Å². The van der Waals surface area contributed by atoms with Gasteiger partial charge in [0.15, 0.2) is 5.16 Å². The quantitative estimate of drug-likeness (QED) is 0.565. The fraction of sp³-hybridized carbons (Fsp3) is 0.0526. The minimum Gasteiger partial charge on any atom is -0.301 e. The predicted octanol–water partition coefficient (Wildman–Crippen LogP) is 4.24. The Morgan fingerprint density at radius 2 is 1.70 bits per heavy atom. The second-order valence-electron chi connectivity index (χ2n) is 4.93. The van der Waals surface area contributed by atoms with Crippen LogP contribution in [0.5, 0.6) is 0 Å². The van der Waals surface area contributed by atoms with Crippen LogP contribution >= 0.6 is 11.8 Å². The van der Waals surface area contributed by atoms with Crippen LogP contribution < -0.4 is 5.56 Å². The molecule has 2 aromatic carbocycles. The van der Waals surface area contributed by atoms with Crippen molar-refractivity contribution >= 4 is 17.8 Å². The Morgan fingerprint density at radius 1 is 1.00 bits per heavy atom. The molecule has 0 aliphatic carbocycles. The minimum atomic E-state index is -0.131. The summed E-state index contributed by atoms with van der Waals surface area (Å²) in [6.45, 7) is 0. The van der Waals surface area contributed by atoms with Crippen LogP contribution in [-0.4, -0.2) is 15.7 Å². The third-order valence-corrected chi connectivity index (χ3v) is 4.04. The van der Waals surface area contributed by atoms with Crippen molar-refractivity contribution in [2.24, 2.45) is 0 Å². The molecule has 3 rings (SSSR count). The van der Waals surface area contributed by atoms with Crippen molar-refractivity contribution in [1.29, 1.82) is 0 Å². The molecule has 3 aromatic rings. The van der Waals surface area contributed by atoms with Crippen molar-refractivity contribution in [3.8, 4) is 11.3 Å². The molecule has 114 valence electrons. The van der Waals surface area contributed by atoms with Crippen molar-refractivity contribution in [1.82, 2.24) is 9.97 Å². The lowest BCUT2D eigenvalue weighted by Gasteiger charge is -2.03. The van der Waals surface area contributed by atoms with Gasteiger partial charge in [-0.15, -0.1) is 0 Å². The summed E-state index contributed by atoms with van der Waals surface area (Å²) in [6, 6.07) is 21.4. The van der Waals surface area contributed by atoms with Gasteiger partial charge in [0.05, 0.1) is 5.69 Å². The predicted molar refractivity (Wildman–Crippen MR) is 96.5 cm³/mol. The Labute approximate surface area is 139 Å². The summed E-state index contributed by atoms with van der Waals surface area (Å²) in [5, 5.41) is 0.633. The second-order valence-corrected chi connectivity index (χ2v) is 5.93. The monoisotopic (exact) mass is 320 g/mol. The van der Waals surface area contributed by atoms with Crippen LogP contribution in [0.25, 0.3) is 17.3 Å². The molecule has 1 aromatic heterocycles. The summed E-state index contributed by atoms with van der Waals surface area (Å²) in [7, 11) is 0. The zero-order chi connectivity index (χ0) is 15.9. The van der Waals surface area contributed by atoms with Gasteiger partial charge in [-0.25, -0.2) is 4.98 Å². The number of H-pyrrole nitrogens is 1. The number of benzene rings is 2. The van der Waals surface area contributed by atoms with E-state index in [1.165, 1.54) is 17.8 Å². The standard InChI is InChI=1S/C19H16N2OS/c22-18-14-17(16-11-5-2-6-12-16)20-19(21-18)23-13-7-10-15-8-3-1-4-9-15/h1-12,14H,13H2,(H,20,21,22)/b10-7+. The third-order valence-electron chi connectivity index (χ3n) is 3.22. The minimum absolute atomic E-state index is 0.131. The molecule has 0 amide bonds. The highest BCUT2D eigenvalue weighted by atomic mass is 32.2. The maximum absolute atomic E-state index is 11.8. The molecule has 0 spiro atoms. The average molecular weight is 320 g/mol. The fourth-order valence-corrected chi connectivity index (χ4v) is 2.82. The molecule has 0 aliphatic heterocycles. The first-order valence-electron chi connectivity index (χ1n) is 7.32. The van der Waals surface area contributed by atoms with Crippen LogP contribution in [0.1, 0.15) is 5.56 Å². The van der Waals surface area contributed by atoms with Crippen LogP contribution in [0.3, 0.4) is 0 Å². The number of nitrogens with one attached hydrogen (secondary N) is 1. The molecule has 0 atom stereocenters. The van der Waals surface area contributed by atoms with Crippen LogP contribution in [0.4, 0.5) is 0 Å². The molecule has 23 heavy (non-hydrogen) atoms. The van der Waals surface area contributed by atoms with Gasteiger partial charge in [0, 0.05) is 17.4 Å². The van der Waals surface area contributed by atoms with E-state index in [1.54, 1.807) is 0 Å². The first kappa shape index (κ1) is 15.3. The number of aromatic amines is 1. The molecular weight excluding hydrogens is 304 g/mol. The number of hydrogen-bond donors (Lipinski definition) is 1. The molecule has 1 heterocycles. The molecule has 0 saturated carbocycles. The SMILES string of the molecule is O=c1cc(-c2ccccc2)nc(SC/C=C/c2ccccc2)[nH]1. The average Bonchev–Trinajstić information content (AvgIpc) is 2.60. The smallest absolute Gasteiger partial charge is 0.252 e. The molecule has 0 aliphatic rings. The Balaban J connectivity index is 1.70. The van der Waals surface area contributed by atoms with Crippen molar-refractivity contribution < 1.29 is 0 Å². The van der Waals surface area contributed by atoms with E-state index in [4.69, 9.17) is 0 Å². The van der Waals surface area contributed by atoms with Crippen LogP contribution in [0.15, 0.2) is 82.8 Å². The van der Waals surface area contributed by atoms with E-state index < -0.39 is 0 Å². The van der Waals surface area contributed by atoms with Crippen molar-refractivity contribution in [3.63, 3.8) is 0 Å². The summed E-state index contributed by atoms with van der Waals surface area (Å²) < 4.78 is 0. The van der Waals surface area contributed by atoms with Crippen molar-refractivity contribution in [2.75, 3.05) is 5.75 Å². The molecule has 4 heteroatoms. The van der Waals surface area contributed by atoms with Crippen LogP contribution in [0.2, 0.25) is 0 Å². The van der Waals surface area contributed by atoms with Gasteiger partial charge >= 0.3 is 0 Å². The normalized spacial score (nSPS) is 11.0. The van der Waals surface area contributed by atoms with Gasteiger partial charge in [0.25, 0.3) is 5.56 Å². The molecule has 0 radical (unpaired) electrons. The topological polar surface area (TPSA) is 45.8 Å². The Morgan fingerprint density at radius 3 is 2.43 bits per heavy atom. The first-order valence-corrected chi connectivity index (χ1v) is 8.31. The highest BCUT2D eigenvalue weighted by Crippen LogP contribution is 2.18. The highest BCUT2D eigenvalue weighted by Gasteiger charge is 2.03. The molecule has 0 unspecified atom stereocenters. The molecule has 0 bridgehead atoms. The summed E-state index contributed by atoms with van der Waals surface area (Å²) in [4.78, 5) is 19.1. The van der Waals surface area contributed by atoms with Crippen LogP contribution in [0, 0.1) is 0 Å². The van der Waals surface area contributed by atoms with Gasteiger partial charge in [-0.05, 0) is 5.56 Å². The van der Waals surface area contributed by atoms with Gasteiger partial charge in [-0.2, -0.15) is 0 Å². The lowest BCUT2D eigenvalue weighted by atomic mass is 10.1. The lowest BCUT2D eigenvalue weighted by Crippen LogP contribution is -2.08. The number of rotatable bonds is 5. The number of aromatic nitrogens is 2. The summed E-state index contributed by atoms with van der Waals surface area (Å²) in [6.07, 6.45) is 4.13. The Bertz CT molecular complexity index is 842. The zero-order valence-corrected chi connectivity index (χ0v) is 13.3. The molecule has 0 fully saturated rings. The van der Waals surface area contributed by atoms with E-state index in [2.05, 4.69) is 34.3 Å². The zero-order valence-electron chi connectivity index (χ0n) is 12.5. The van der Waals surface area contributed by atoms with E-state index >= 15 is 0 Å². The molecule has 0 saturated heterocycles. The summed E-state index contributed by atoms with van der Waals surface area (Å²) >= 11 is 1.51. The summed E-state index contributed by atoms with van der Waals surface area (Å²) in [5.41, 5.74) is 2.67. The lowest BCUT2D eigenvalue weighted by molar-refractivity contribution is 0.944.